The molecular formula is C16H18N4O4S. The van der Waals surface area contributed by atoms with Crippen molar-refractivity contribution < 1.29 is 19.1 Å². The molecule has 132 valence electrons. The zero-order valence-electron chi connectivity index (χ0n) is 14.0. The summed E-state index contributed by atoms with van der Waals surface area (Å²) in [5.41, 5.74) is 0.620. The van der Waals surface area contributed by atoms with Crippen LogP contribution in [0.3, 0.4) is 0 Å². The van der Waals surface area contributed by atoms with E-state index < -0.39 is 12.0 Å². The highest BCUT2D eigenvalue weighted by atomic mass is 32.2. The van der Waals surface area contributed by atoms with E-state index in [1.54, 1.807) is 37.4 Å². The fourth-order valence-corrected chi connectivity index (χ4v) is 2.23. The monoisotopic (exact) mass is 362 g/mol. The normalized spacial score (nSPS) is 10.0. The number of carbonyl (C=O) groups is 2. The van der Waals surface area contributed by atoms with Gasteiger partial charge in [0.05, 0.1) is 13.7 Å². The average Bonchev–Trinajstić information content (AvgIpc) is 2.61. The molecule has 0 radical (unpaired) electrons. The number of nitrogens with zero attached hydrogens (tertiary/aromatic N) is 2. The van der Waals surface area contributed by atoms with Gasteiger partial charge in [0.15, 0.2) is 11.0 Å². The van der Waals surface area contributed by atoms with Gasteiger partial charge in [-0.15, -0.1) is 0 Å². The van der Waals surface area contributed by atoms with E-state index in [9.17, 15) is 9.59 Å². The number of amides is 2. The Bertz CT molecular complexity index is 770. The van der Waals surface area contributed by atoms with E-state index >= 15 is 0 Å². The Morgan fingerprint density at radius 1 is 1.28 bits per heavy atom. The summed E-state index contributed by atoms with van der Waals surface area (Å²) in [5, 5.41) is 5.63. The highest BCUT2D eigenvalue weighted by Gasteiger charge is 2.18. The Labute approximate surface area is 149 Å². The van der Waals surface area contributed by atoms with Gasteiger partial charge in [-0.1, -0.05) is 17.8 Å². The van der Waals surface area contributed by atoms with Crippen LogP contribution in [0.15, 0.2) is 35.6 Å². The lowest BCUT2D eigenvalue weighted by Crippen LogP contribution is -2.22. The molecule has 2 rings (SSSR count). The maximum Gasteiger partial charge on any atom is 0.343 e. The molecule has 1 heterocycles. The standard InChI is InChI=1S/C16H18N4O4S/c1-4-24-14(21)12-9-17-16(25-3)20-13(12)19-15(22)18-10-6-5-7-11(8-10)23-2/h5-9H,4H2,1-3H3,(H2,17,18,19,20,22). The summed E-state index contributed by atoms with van der Waals surface area (Å²) >= 11 is 1.29. The van der Waals surface area contributed by atoms with Gasteiger partial charge in [0.2, 0.25) is 0 Å². The third-order valence-corrected chi connectivity index (χ3v) is 3.57. The van der Waals surface area contributed by atoms with Crippen molar-refractivity contribution in [3.63, 3.8) is 0 Å². The fraction of sp³-hybridized carbons (Fsp3) is 0.250. The Morgan fingerprint density at radius 2 is 2.08 bits per heavy atom. The Balaban J connectivity index is 2.19. The number of methoxy groups -OCH3 is 1. The third kappa shape index (κ3) is 5.08. The van der Waals surface area contributed by atoms with Crippen molar-refractivity contribution in [2.75, 3.05) is 30.6 Å². The molecule has 1 aromatic carbocycles. The molecule has 1 aromatic heterocycles. The van der Waals surface area contributed by atoms with Crippen LogP contribution >= 0.6 is 11.8 Å². The number of hydrogen-bond donors (Lipinski definition) is 2. The highest BCUT2D eigenvalue weighted by Crippen LogP contribution is 2.19. The van der Waals surface area contributed by atoms with E-state index in [1.165, 1.54) is 25.1 Å². The smallest absolute Gasteiger partial charge is 0.343 e. The molecule has 2 aromatic rings. The van der Waals surface area contributed by atoms with Crippen molar-refractivity contribution in [1.29, 1.82) is 0 Å². The molecular weight excluding hydrogens is 344 g/mol. The van der Waals surface area contributed by atoms with Gasteiger partial charge in [0, 0.05) is 18.0 Å². The largest absolute Gasteiger partial charge is 0.497 e. The zero-order valence-corrected chi connectivity index (χ0v) is 14.8. The van der Waals surface area contributed by atoms with Crippen molar-refractivity contribution in [2.24, 2.45) is 0 Å². The molecule has 0 atom stereocenters. The van der Waals surface area contributed by atoms with Crippen LogP contribution in [-0.4, -0.2) is 41.9 Å². The number of urea groups is 1. The number of nitrogens with one attached hydrogen (secondary N) is 2. The lowest BCUT2D eigenvalue weighted by Gasteiger charge is -2.11. The molecule has 0 saturated heterocycles. The molecule has 2 amide bonds. The number of rotatable bonds is 6. The molecule has 9 heteroatoms. The minimum absolute atomic E-state index is 0.0817. The molecule has 25 heavy (non-hydrogen) atoms. The summed E-state index contributed by atoms with van der Waals surface area (Å²) in [7, 11) is 1.54. The van der Waals surface area contributed by atoms with Crippen molar-refractivity contribution in [3.05, 3.63) is 36.0 Å². The highest BCUT2D eigenvalue weighted by molar-refractivity contribution is 7.98. The summed E-state index contributed by atoms with van der Waals surface area (Å²) < 4.78 is 10.1. The topological polar surface area (TPSA) is 102 Å². The van der Waals surface area contributed by atoms with E-state index in [1.807, 2.05) is 0 Å². The van der Waals surface area contributed by atoms with Gasteiger partial charge in [0.1, 0.15) is 11.3 Å². The second-order valence-electron chi connectivity index (χ2n) is 4.65. The predicted octanol–water partition coefficient (Wildman–Crippen LogP) is 3.03. The maximum absolute atomic E-state index is 12.2. The second-order valence-corrected chi connectivity index (χ2v) is 5.42. The molecule has 0 aliphatic rings. The van der Waals surface area contributed by atoms with Crippen molar-refractivity contribution in [1.82, 2.24) is 9.97 Å². The van der Waals surface area contributed by atoms with Gasteiger partial charge < -0.3 is 14.8 Å². The van der Waals surface area contributed by atoms with E-state index in [0.29, 0.717) is 16.6 Å². The lowest BCUT2D eigenvalue weighted by atomic mass is 10.3. The van der Waals surface area contributed by atoms with Crippen LogP contribution in [-0.2, 0) is 4.74 Å². The van der Waals surface area contributed by atoms with Crippen LogP contribution in [0.1, 0.15) is 17.3 Å². The Kier molecular flexibility index (Phi) is 6.58. The van der Waals surface area contributed by atoms with Crippen molar-refractivity contribution >= 4 is 35.3 Å². The SMILES string of the molecule is CCOC(=O)c1cnc(SC)nc1NC(=O)Nc1cccc(OC)c1. The van der Waals surface area contributed by atoms with Gasteiger partial charge in [-0.2, -0.15) is 0 Å². The van der Waals surface area contributed by atoms with Crippen LogP contribution in [0.5, 0.6) is 5.75 Å². The quantitative estimate of drug-likeness (QED) is 0.462. The van der Waals surface area contributed by atoms with Crippen LogP contribution in [0.25, 0.3) is 0 Å². The lowest BCUT2D eigenvalue weighted by molar-refractivity contribution is 0.0526. The number of thioether (sulfide) groups is 1. The first-order chi connectivity index (χ1) is 12.1. The van der Waals surface area contributed by atoms with Gasteiger partial charge in [-0.25, -0.2) is 19.6 Å². The molecule has 0 spiro atoms. The van der Waals surface area contributed by atoms with Crippen LogP contribution < -0.4 is 15.4 Å². The number of esters is 1. The van der Waals surface area contributed by atoms with Gasteiger partial charge in [-0.3, -0.25) is 5.32 Å². The molecule has 8 nitrogen and oxygen atoms in total. The summed E-state index contributed by atoms with van der Waals surface area (Å²) in [6, 6.07) is 6.33. The summed E-state index contributed by atoms with van der Waals surface area (Å²) in [4.78, 5) is 32.4. The van der Waals surface area contributed by atoms with Crippen molar-refractivity contribution in [3.8, 4) is 5.75 Å². The molecule has 0 saturated carbocycles. The first-order valence-corrected chi connectivity index (χ1v) is 8.60. The summed E-state index contributed by atoms with van der Waals surface area (Å²) in [6.07, 6.45) is 3.12. The first-order valence-electron chi connectivity index (χ1n) is 7.37. The Morgan fingerprint density at radius 3 is 2.76 bits per heavy atom. The van der Waals surface area contributed by atoms with Crippen molar-refractivity contribution in [2.45, 2.75) is 12.1 Å². The van der Waals surface area contributed by atoms with Gasteiger partial charge >= 0.3 is 12.0 Å². The van der Waals surface area contributed by atoms with E-state index in [2.05, 4.69) is 20.6 Å². The van der Waals surface area contributed by atoms with Crippen LogP contribution in [0.2, 0.25) is 0 Å². The predicted molar refractivity (Wildman–Crippen MR) is 95.4 cm³/mol. The third-order valence-electron chi connectivity index (χ3n) is 3.00. The first kappa shape index (κ1) is 18.5. The van der Waals surface area contributed by atoms with Crippen LogP contribution in [0, 0.1) is 0 Å². The number of benzene rings is 1. The Hall–Kier alpha value is -2.81. The van der Waals surface area contributed by atoms with E-state index in [0.717, 1.165) is 0 Å². The number of hydrogen-bond acceptors (Lipinski definition) is 7. The summed E-state index contributed by atoms with van der Waals surface area (Å²) in [5.74, 6) is 0.0850. The zero-order chi connectivity index (χ0) is 18.2. The number of anilines is 2. The maximum atomic E-state index is 12.2. The molecule has 0 aliphatic carbocycles. The minimum atomic E-state index is -0.605. The summed E-state index contributed by atoms with van der Waals surface area (Å²) in [6.45, 7) is 1.90. The van der Waals surface area contributed by atoms with Gasteiger partial charge in [-0.05, 0) is 25.3 Å². The van der Waals surface area contributed by atoms with E-state index in [4.69, 9.17) is 9.47 Å². The number of aromatic nitrogens is 2. The number of ether oxygens (including phenoxy) is 2. The van der Waals surface area contributed by atoms with E-state index in [-0.39, 0.29) is 18.0 Å². The average molecular weight is 362 g/mol. The molecule has 0 bridgehead atoms. The molecule has 2 N–H and O–H groups in total. The minimum Gasteiger partial charge on any atom is -0.497 e. The second kappa shape index (κ2) is 8.88. The van der Waals surface area contributed by atoms with Gasteiger partial charge in [0.25, 0.3) is 0 Å². The molecule has 0 fully saturated rings. The number of carbonyl (C=O) groups excluding carboxylic acids is 2. The fourth-order valence-electron chi connectivity index (χ4n) is 1.89. The molecule has 0 unspecified atom stereocenters. The van der Waals surface area contributed by atoms with Crippen LogP contribution in [0.4, 0.5) is 16.3 Å². The molecule has 0 aliphatic heterocycles.